The van der Waals surface area contributed by atoms with Crippen molar-refractivity contribution in [3.63, 3.8) is 0 Å². The van der Waals surface area contributed by atoms with E-state index in [1.807, 2.05) is 36.8 Å². The van der Waals surface area contributed by atoms with E-state index in [-0.39, 0.29) is 0 Å². The minimum Gasteiger partial charge on any atom is -0.492 e. The third kappa shape index (κ3) is 2.59. The van der Waals surface area contributed by atoms with Crippen LogP contribution in [0.1, 0.15) is 0 Å². The van der Waals surface area contributed by atoms with E-state index >= 15 is 0 Å². The van der Waals surface area contributed by atoms with Crippen LogP contribution >= 0.6 is 11.3 Å². The van der Waals surface area contributed by atoms with E-state index in [0.717, 1.165) is 17.1 Å². The molecule has 0 aliphatic rings. The van der Waals surface area contributed by atoms with Gasteiger partial charge in [-0.2, -0.15) is 11.3 Å². The maximum atomic E-state index is 5.57. The van der Waals surface area contributed by atoms with Gasteiger partial charge in [-0.3, -0.25) is 4.57 Å². The Hall–Kier alpha value is -2.11. The maximum Gasteiger partial charge on any atom is 0.121 e. The Kier molecular flexibility index (Phi) is 3.80. The predicted octanol–water partition coefficient (Wildman–Crippen LogP) is 2.94. The molecule has 0 saturated heterocycles. The van der Waals surface area contributed by atoms with Crippen LogP contribution in [0.25, 0.3) is 16.9 Å². The monoisotopic (exact) mass is 285 g/mol. The highest BCUT2D eigenvalue weighted by atomic mass is 32.1. The van der Waals surface area contributed by atoms with Gasteiger partial charge in [0.1, 0.15) is 12.4 Å². The first kappa shape index (κ1) is 12.9. The Labute approximate surface area is 121 Å². The maximum absolute atomic E-state index is 5.57. The highest BCUT2D eigenvalue weighted by Gasteiger charge is 2.08. The molecule has 2 aromatic heterocycles. The van der Waals surface area contributed by atoms with Crippen LogP contribution < -0.4 is 10.5 Å². The minimum atomic E-state index is 0.509. The van der Waals surface area contributed by atoms with Crippen molar-refractivity contribution in [2.45, 2.75) is 0 Å². The molecule has 0 radical (unpaired) electrons. The first-order chi connectivity index (χ1) is 9.88. The van der Waals surface area contributed by atoms with E-state index in [9.17, 15) is 0 Å². The van der Waals surface area contributed by atoms with E-state index in [4.69, 9.17) is 10.5 Å². The normalized spacial score (nSPS) is 10.7. The quantitative estimate of drug-likeness (QED) is 0.784. The molecule has 1 aromatic carbocycles. The van der Waals surface area contributed by atoms with Gasteiger partial charge in [0.25, 0.3) is 0 Å². The molecule has 0 bridgehead atoms. The standard InChI is InChI=1S/C15H15N3OS/c16-5-6-19-14-3-1-2-13(8-14)18-11-17-9-15(18)12-4-7-20-10-12/h1-4,7-11H,5-6,16H2. The zero-order chi connectivity index (χ0) is 13.8. The first-order valence-electron chi connectivity index (χ1n) is 6.36. The molecule has 0 unspecified atom stereocenters. The average molecular weight is 285 g/mol. The predicted molar refractivity (Wildman–Crippen MR) is 81.4 cm³/mol. The zero-order valence-electron chi connectivity index (χ0n) is 10.9. The summed E-state index contributed by atoms with van der Waals surface area (Å²) in [5, 5.41) is 4.18. The summed E-state index contributed by atoms with van der Waals surface area (Å²) in [6.45, 7) is 1.03. The Balaban J connectivity index is 1.96. The number of imidazole rings is 1. The van der Waals surface area contributed by atoms with Crippen LogP contribution in [0.15, 0.2) is 53.6 Å². The van der Waals surface area contributed by atoms with Gasteiger partial charge >= 0.3 is 0 Å². The van der Waals surface area contributed by atoms with Gasteiger partial charge in [0.15, 0.2) is 0 Å². The lowest BCUT2D eigenvalue weighted by Crippen LogP contribution is -2.10. The summed E-state index contributed by atoms with van der Waals surface area (Å²) < 4.78 is 7.62. The summed E-state index contributed by atoms with van der Waals surface area (Å²) in [4.78, 5) is 4.25. The van der Waals surface area contributed by atoms with Crippen LogP contribution in [0, 0.1) is 0 Å². The Morgan fingerprint density at radius 1 is 1.30 bits per heavy atom. The molecule has 0 spiro atoms. The second-order valence-electron chi connectivity index (χ2n) is 4.30. The molecule has 0 fully saturated rings. The molecule has 2 heterocycles. The summed E-state index contributed by atoms with van der Waals surface area (Å²) in [5.41, 5.74) is 8.72. The van der Waals surface area contributed by atoms with Crippen LogP contribution in [-0.2, 0) is 0 Å². The second-order valence-corrected chi connectivity index (χ2v) is 5.08. The molecule has 4 nitrogen and oxygen atoms in total. The van der Waals surface area contributed by atoms with E-state index in [0.29, 0.717) is 13.2 Å². The van der Waals surface area contributed by atoms with E-state index in [1.165, 1.54) is 5.56 Å². The molecule has 0 saturated carbocycles. The second kappa shape index (κ2) is 5.90. The molecular formula is C15H15N3OS. The number of aromatic nitrogens is 2. The number of ether oxygens (including phenoxy) is 1. The summed E-state index contributed by atoms with van der Waals surface area (Å²) in [7, 11) is 0. The summed E-state index contributed by atoms with van der Waals surface area (Å²) >= 11 is 1.68. The molecule has 3 aromatic rings. The molecule has 0 atom stereocenters. The molecule has 0 aliphatic carbocycles. The van der Waals surface area contributed by atoms with Crippen LogP contribution in [0.2, 0.25) is 0 Å². The van der Waals surface area contributed by atoms with Gasteiger partial charge in [-0.15, -0.1) is 0 Å². The summed E-state index contributed by atoms with van der Waals surface area (Å²) in [5.74, 6) is 0.818. The fourth-order valence-corrected chi connectivity index (χ4v) is 2.67. The van der Waals surface area contributed by atoms with Gasteiger partial charge in [0, 0.05) is 23.6 Å². The van der Waals surface area contributed by atoms with Crippen molar-refractivity contribution in [3.8, 4) is 22.7 Å². The molecular weight excluding hydrogens is 270 g/mol. The van der Waals surface area contributed by atoms with Gasteiger partial charge in [-0.05, 0) is 23.6 Å². The van der Waals surface area contributed by atoms with Crippen molar-refractivity contribution in [3.05, 3.63) is 53.6 Å². The van der Waals surface area contributed by atoms with Crippen LogP contribution in [0.5, 0.6) is 5.75 Å². The third-order valence-corrected chi connectivity index (χ3v) is 3.62. The molecule has 3 rings (SSSR count). The number of nitrogens with zero attached hydrogens (tertiary/aromatic N) is 2. The fraction of sp³-hybridized carbons (Fsp3) is 0.133. The van der Waals surface area contributed by atoms with Crippen LogP contribution in [0.4, 0.5) is 0 Å². The largest absolute Gasteiger partial charge is 0.492 e. The minimum absolute atomic E-state index is 0.509. The van der Waals surface area contributed by atoms with E-state index in [2.05, 4.69) is 26.4 Å². The van der Waals surface area contributed by atoms with Gasteiger partial charge in [-0.25, -0.2) is 4.98 Å². The summed E-state index contributed by atoms with van der Waals surface area (Å²) in [6.07, 6.45) is 3.69. The lowest BCUT2D eigenvalue weighted by atomic mass is 10.2. The number of nitrogens with two attached hydrogens (primary N) is 1. The van der Waals surface area contributed by atoms with Gasteiger partial charge in [0.05, 0.1) is 23.9 Å². The molecule has 0 amide bonds. The topological polar surface area (TPSA) is 53.1 Å². The van der Waals surface area contributed by atoms with Crippen molar-refractivity contribution in [2.75, 3.05) is 13.2 Å². The van der Waals surface area contributed by atoms with Crippen molar-refractivity contribution in [2.24, 2.45) is 5.73 Å². The van der Waals surface area contributed by atoms with Gasteiger partial charge in [0.2, 0.25) is 0 Å². The average Bonchev–Trinajstić information content (AvgIpc) is 3.15. The van der Waals surface area contributed by atoms with Crippen LogP contribution in [0.3, 0.4) is 0 Å². The van der Waals surface area contributed by atoms with Gasteiger partial charge < -0.3 is 10.5 Å². The highest BCUT2D eigenvalue weighted by Crippen LogP contribution is 2.26. The molecule has 20 heavy (non-hydrogen) atoms. The number of benzene rings is 1. The lowest BCUT2D eigenvalue weighted by Gasteiger charge is -2.10. The molecule has 0 aliphatic heterocycles. The third-order valence-electron chi connectivity index (χ3n) is 2.94. The Bertz CT molecular complexity index is 676. The van der Waals surface area contributed by atoms with Crippen molar-refractivity contribution >= 4 is 11.3 Å². The summed E-state index contributed by atoms with van der Waals surface area (Å²) in [6, 6.07) is 10.0. The zero-order valence-corrected chi connectivity index (χ0v) is 11.7. The Morgan fingerprint density at radius 3 is 3.05 bits per heavy atom. The molecule has 5 heteroatoms. The number of rotatable bonds is 5. The van der Waals surface area contributed by atoms with E-state index < -0.39 is 0 Å². The van der Waals surface area contributed by atoms with Crippen molar-refractivity contribution in [1.82, 2.24) is 9.55 Å². The number of hydrogen-bond donors (Lipinski definition) is 1. The number of thiophene rings is 1. The highest BCUT2D eigenvalue weighted by molar-refractivity contribution is 7.08. The molecule has 2 N–H and O–H groups in total. The van der Waals surface area contributed by atoms with Crippen molar-refractivity contribution < 1.29 is 4.74 Å². The van der Waals surface area contributed by atoms with E-state index in [1.54, 1.807) is 11.3 Å². The molecule has 102 valence electrons. The smallest absolute Gasteiger partial charge is 0.121 e. The van der Waals surface area contributed by atoms with Crippen LogP contribution in [-0.4, -0.2) is 22.7 Å². The fourth-order valence-electron chi connectivity index (χ4n) is 2.02. The Morgan fingerprint density at radius 2 is 2.25 bits per heavy atom. The SMILES string of the molecule is NCCOc1cccc(-n2cncc2-c2ccsc2)c1. The number of hydrogen-bond acceptors (Lipinski definition) is 4. The lowest BCUT2D eigenvalue weighted by molar-refractivity contribution is 0.328. The van der Waals surface area contributed by atoms with Gasteiger partial charge in [-0.1, -0.05) is 6.07 Å². The first-order valence-corrected chi connectivity index (χ1v) is 7.31. The van der Waals surface area contributed by atoms with Crippen molar-refractivity contribution in [1.29, 1.82) is 0 Å².